The van der Waals surface area contributed by atoms with Gasteiger partial charge in [-0.1, -0.05) is 68.8 Å². The molecule has 2 aromatic rings. The van der Waals surface area contributed by atoms with E-state index in [1.165, 1.54) is 14.2 Å². The Morgan fingerprint density at radius 3 is 2.30 bits per heavy atom. The number of fused-ring (bicyclic) bond motifs is 3. The molecule has 6 nitrogen and oxygen atoms in total. The van der Waals surface area contributed by atoms with Gasteiger partial charge >= 0.3 is 11.9 Å². The molecule has 6 heteroatoms. The second-order valence-electron chi connectivity index (χ2n) is 8.72. The van der Waals surface area contributed by atoms with E-state index in [1.54, 1.807) is 0 Å². The first kappa shape index (κ1) is 22.9. The minimum atomic E-state index is -0.496. The second-order valence-corrected chi connectivity index (χ2v) is 8.72. The second kappa shape index (κ2) is 9.69. The Kier molecular flexibility index (Phi) is 6.72. The molecule has 0 spiro atoms. The van der Waals surface area contributed by atoms with Crippen LogP contribution in [0.25, 0.3) is 0 Å². The van der Waals surface area contributed by atoms with Gasteiger partial charge in [0.05, 0.1) is 31.9 Å². The largest absolute Gasteiger partial charge is 0.466 e. The number of ether oxygens (including phenoxy) is 2. The number of unbranched alkanes of at least 4 members (excludes halogenated alkanes) is 1. The van der Waals surface area contributed by atoms with Crippen molar-refractivity contribution in [2.45, 2.75) is 38.8 Å². The van der Waals surface area contributed by atoms with Crippen molar-refractivity contribution in [3.8, 4) is 0 Å². The number of nitrogens with zero attached hydrogens (tertiary/aromatic N) is 1. The Labute approximate surface area is 195 Å². The number of esters is 2. The predicted octanol–water partition coefficient (Wildman–Crippen LogP) is 4.86. The fourth-order valence-corrected chi connectivity index (χ4v) is 5.44. The zero-order valence-electron chi connectivity index (χ0n) is 19.7. The van der Waals surface area contributed by atoms with Gasteiger partial charge in [0.25, 0.3) is 0 Å². The summed E-state index contributed by atoms with van der Waals surface area (Å²) in [4.78, 5) is 28.3. The van der Waals surface area contributed by atoms with Crippen LogP contribution in [0, 0.1) is 11.8 Å². The molecule has 0 aromatic heterocycles. The zero-order valence-corrected chi connectivity index (χ0v) is 19.7. The lowest BCUT2D eigenvalue weighted by atomic mass is 9.67. The van der Waals surface area contributed by atoms with E-state index in [1.807, 2.05) is 37.3 Å². The lowest BCUT2D eigenvalue weighted by Crippen LogP contribution is -2.51. The van der Waals surface area contributed by atoms with Crippen molar-refractivity contribution in [3.63, 3.8) is 0 Å². The fourth-order valence-electron chi connectivity index (χ4n) is 5.44. The minimum Gasteiger partial charge on any atom is -0.466 e. The highest BCUT2D eigenvalue weighted by molar-refractivity contribution is 6.01. The first-order chi connectivity index (χ1) is 16.0. The zero-order chi connectivity index (χ0) is 23.5. The summed E-state index contributed by atoms with van der Waals surface area (Å²) in [5.41, 5.74) is 4.05. The molecule has 4 atom stereocenters. The molecule has 0 aliphatic carbocycles. The van der Waals surface area contributed by atoms with Crippen LogP contribution in [0.3, 0.4) is 0 Å². The average molecular weight is 449 g/mol. The van der Waals surface area contributed by atoms with Crippen molar-refractivity contribution < 1.29 is 19.1 Å². The molecule has 0 saturated heterocycles. The smallest absolute Gasteiger partial charge is 0.354 e. The number of anilines is 1. The number of hydrogen-bond donors (Lipinski definition) is 1. The van der Waals surface area contributed by atoms with E-state index >= 15 is 0 Å². The van der Waals surface area contributed by atoms with Crippen molar-refractivity contribution in [1.29, 1.82) is 0 Å². The van der Waals surface area contributed by atoms with Crippen LogP contribution in [-0.4, -0.2) is 37.6 Å². The lowest BCUT2D eigenvalue weighted by Gasteiger charge is -2.52. The number of nitrogens with one attached hydrogen (secondary N) is 1. The standard InChI is InChI=1S/C27H32N2O4/c1-5-6-16-29-24-19-14-10-11-15-20(19)28-23(18-12-8-7-9-13-18)21(24)17(2)22(26(30)32-3)25(29)27(31)33-4/h7-15,17,21,23-24,28H,5-6,16H2,1-4H3/t17-,21+,23+,24-/m0/s1. The van der Waals surface area contributed by atoms with Gasteiger partial charge in [-0.05, 0) is 29.5 Å². The number of carbonyl (C=O) groups excluding carboxylic acids is 2. The molecule has 174 valence electrons. The number of para-hydroxylation sites is 1. The van der Waals surface area contributed by atoms with Gasteiger partial charge in [0, 0.05) is 18.2 Å². The molecule has 2 aliphatic heterocycles. The molecule has 4 rings (SSSR count). The number of methoxy groups -OCH3 is 2. The van der Waals surface area contributed by atoms with Gasteiger partial charge < -0.3 is 19.7 Å². The molecule has 0 radical (unpaired) electrons. The Bertz CT molecular complexity index is 1050. The number of carbonyl (C=O) groups is 2. The summed E-state index contributed by atoms with van der Waals surface area (Å²) in [6.45, 7) is 4.79. The molecule has 0 unspecified atom stereocenters. The topological polar surface area (TPSA) is 67.9 Å². The Morgan fingerprint density at radius 1 is 0.970 bits per heavy atom. The number of hydrogen-bond acceptors (Lipinski definition) is 6. The van der Waals surface area contributed by atoms with E-state index in [9.17, 15) is 9.59 Å². The van der Waals surface area contributed by atoms with Crippen LogP contribution < -0.4 is 5.32 Å². The van der Waals surface area contributed by atoms with Gasteiger partial charge in [0.1, 0.15) is 5.70 Å². The summed E-state index contributed by atoms with van der Waals surface area (Å²) in [5, 5.41) is 3.74. The Hall–Kier alpha value is -3.28. The van der Waals surface area contributed by atoms with E-state index in [2.05, 4.69) is 41.4 Å². The van der Waals surface area contributed by atoms with Crippen LogP contribution in [0.5, 0.6) is 0 Å². The summed E-state index contributed by atoms with van der Waals surface area (Å²) in [6, 6.07) is 18.4. The molecule has 2 aliphatic rings. The molecule has 33 heavy (non-hydrogen) atoms. The SMILES string of the molecule is CCCCN1C(C(=O)OC)=C(C(=O)OC)[C@@H](C)[C@@H]2[C@@H](c3ccccc3)Nc3ccccc3[C@@H]21. The molecule has 0 bridgehead atoms. The van der Waals surface area contributed by atoms with E-state index in [0.717, 1.165) is 29.7 Å². The number of benzene rings is 2. The van der Waals surface area contributed by atoms with Crippen molar-refractivity contribution in [2.75, 3.05) is 26.1 Å². The highest BCUT2D eigenvalue weighted by atomic mass is 16.5. The number of rotatable bonds is 6. The third-order valence-corrected chi connectivity index (χ3v) is 6.95. The van der Waals surface area contributed by atoms with Crippen LogP contribution in [-0.2, 0) is 19.1 Å². The van der Waals surface area contributed by atoms with Gasteiger partial charge in [0.2, 0.25) is 0 Å². The van der Waals surface area contributed by atoms with Crippen molar-refractivity contribution in [3.05, 3.63) is 77.0 Å². The van der Waals surface area contributed by atoms with Crippen LogP contribution in [0.1, 0.15) is 49.9 Å². The molecule has 2 aromatic carbocycles. The van der Waals surface area contributed by atoms with E-state index in [-0.39, 0.29) is 23.9 Å². The molecule has 2 heterocycles. The fraction of sp³-hybridized carbons (Fsp3) is 0.407. The third-order valence-electron chi connectivity index (χ3n) is 6.95. The molecule has 1 N–H and O–H groups in total. The molecular formula is C27H32N2O4. The highest BCUT2D eigenvalue weighted by Crippen LogP contribution is 2.55. The van der Waals surface area contributed by atoms with E-state index in [0.29, 0.717) is 17.8 Å². The maximum absolute atomic E-state index is 13.1. The van der Waals surface area contributed by atoms with Gasteiger partial charge in [-0.15, -0.1) is 0 Å². The summed E-state index contributed by atoms with van der Waals surface area (Å²) in [5.74, 6) is -1.21. The normalized spacial score (nSPS) is 23.8. The van der Waals surface area contributed by atoms with E-state index < -0.39 is 11.9 Å². The highest BCUT2D eigenvalue weighted by Gasteiger charge is 2.51. The Morgan fingerprint density at radius 2 is 1.64 bits per heavy atom. The molecular weight excluding hydrogens is 416 g/mol. The van der Waals surface area contributed by atoms with Crippen molar-refractivity contribution in [1.82, 2.24) is 4.90 Å². The minimum absolute atomic E-state index is 0.00154. The molecule has 0 amide bonds. The van der Waals surface area contributed by atoms with Gasteiger partial charge in [0.15, 0.2) is 0 Å². The monoisotopic (exact) mass is 448 g/mol. The third kappa shape index (κ3) is 3.99. The first-order valence-corrected chi connectivity index (χ1v) is 11.6. The van der Waals surface area contributed by atoms with Crippen LogP contribution in [0.15, 0.2) is 65.9 Å². The molecule has 0 saturated carbocycles. The van der Waals surface area contributed by atoms with Crippen LogP contribution >= 0.6 is 0 Å². The Balaban J connectivity index is 1.98. The lowest BCUT2D eigenvalue weighted by molar-refractivity contribution is -0.143. The summed E-state index contributed by atoms with van der Waals surface area (Å²) in [7, 11) is 2.73. The summed E-state index contributed by atoms with van der Waals surface area (Å²) < 4.78 is 10.4. The quantitative estimate of drug-likeness (QED) is 0.637. The van der Waals surface area contributed by atoms with E-state index in [4.69, 9.17) is 9.47 Å². The molecule has 0 fully saturated rings. The van der Waals surface area contributed by atoms with Crippen LogP contribution in [0.4, 0.5) is 5.69 Å². The average Bonchev–Trinajstić information content (AvgIpc) is 2.86. The predicted molar refractivity (Wildman–Crippen MR) is 127 cm³/mol. The first-order valence-electron chi connectivity index (χ1n) is 11.6. The summed E-state index contributed by atoms with van der Waals surface area (Å²) >= 11 is 0. The van der Waals surface area contributed by atoms with Crippen molar-refractivity contribution in [2.24, 2.45) is 11.8 Å². The van der Waals surface area contributed by atoms with Crippen molar-refractivity contribution >= 4 is 17.6 Å². The van der Waals surface area contributed by atoms with Gasteiger partial charge in [-0.2, -0.15) is 0 Å². The van der Waals surface area contributed by atoms with Crippen LogP contribution in [0.2, 0.25) is 0 Å². The van der Waals surface area contributed by atoms with Gasteiger partial charge in [-0.3, -0.25) is 0 Å². The summed E-state index contributed by atoms with van der Waals surface area (Å²) in [6.07, 6.45) is 1.85. The maximum atomic E-state index is 13.1. The van der Waals surface area contributed by atoms with Gasteiger partial charge in [-0.25, -0.2) is 9.59 Å². The maximum Gasteiger partial charge on any atom is 0.354 e.